The molecule has 0 amide bonds. The molecule has 0 radical (unpaired) electrons. The second-order valence-corrected chi connectivity index (χ2v) is 4.18. The van der Waals surface area contributed by atoms with Gasteiger partial charge in [0.05, 0.1) is 5.69 Å². The summed E-state index contributed by atoms with van der Waals surface area (Å²) in [6, 6.07) is 4.07. The highest BCUT2D eigenvalue weighted by molar-refractivity contribution is 5.50. The van der Waals surface area contributed by atoms with E-state index in [-0.39, 0.29) is 0 Å². The number of hydrogen-bond donors (Lipinski definition) is 0. The molecule has 0 saturated carbocycles. The zero-order chi connectivity index (χ0) is 12.3. The first-order valence-electron chi connectivity index (χ1n) is 5.85. The molecule has 0 fully saturated rings. The van der Waals surface area contributed by atoms with Gasteiger partial charge in [-0.1, -0.05) is 6.08 Å². The van der Waals surface area contributed by atoms with E-state index < -0.39 is 0 Å². The topological polar surface area (TPSA) is 35.6 Å². The zero-order valence-corrected chi connectivity index (χ0v) is 10.4. The summed E-state index contributed by atoms with van der Waals surface area (Å²) in [5.74, 6) is 1.95. The van der Waals surface area contributed by atoms with Crippen LogP contribution in [-0.4, -0.2) is 19.3 Å². The second kappa shape index (κ2) is 4.99. The van der Waals surface area contributed by atoms with Crippen LogP contribution in [0.3, 0.4) is 0 Å². The summed E-state index contributed by atoms with van der Waals surface area (Å²) in [6.07, 6.45) is 6.99. The van der Waals surface area contributed by atoms with Crippen molar-refractivity contribution in [1.29, 1.82) is 0 Å². The molecular formula is C13H18N4. The van der Waals surface area contributed by atoms with Crippen LogP contribution >= 0.6 is 0 Å². The Bertz CT molecular complexity index is 507. The van der Waals surface area contributed by atoms with E-state index in [1.54, 1.807) is 0 Å². The van der Waals surface area contributed by atoms with E-state index in [1.165, 1.54) is 0 Å². The van der Waals surface area contributed by atoms with Crippen LogP contribution in [0.2, 0.25) is 0 Å². The number of rotatable bonds is 5. The Morgan fingerprint density at radius 3 is 2.82 bits per heavy atom. The van der Waals surface area contributed by atoms with Gasteiger partial charge in [0.15, 0.2) is 5.82 Å². The highest BCUT2D eigenvalue weighted by atomic mass is 15.3. The van der Waals surface area contributed by atoms with Gasteiger partial charge in [-0.25, -0.2) is 0 Å². The van der Waals surface area contributed by atoms with Crippen molar-refractivity contribution < 1.29 is 0 Å². The molecule has 0 bridgehead atoms. The molecular weight excluding hydrogens is 212 g/mol. The Labute approximate surface area is 102 Å². The van der Waals surface area contributed by atoms with Crippen molar-refractivity contribution >= 4 is 0 Å². The fourth-order valence-corrected chi connectivity index (χ4v) is 1.90. The first-order valence-corrected chi connectivity index (χ1v) is 5.85. The van der Waals surface area contributed by atoms with E-state index in [4.69, 9.17) is 0 Å². The zero-order valence-electron chi connectivity index (χ0n) is 10.4. The maximum atomic E-state index is 4.26. The van der Waals surface area contributed by atoms with Crippen molar-refractivity contribution in [1.82, 2.24) is 19.3 Å². The summed E-state index contributed by atoms with van der Waals surface area (Å²) in [6.45, 7) is 3.73. The van der Waals surface area contributed by atoms with Gasteiger partial charge in [-0.05, 0) is 25.0 Å². The summed E-state index contributed by atoms with van der Waals surface area (Å²) in [5, 5.41) is 8.51. The highest BCUT2D eigenvalue weighted by Gasteiger charge is 2.11. The van der Waals surface area contributed by atoms with Crippen LogP contribution in [0.25, 0.3) is 11.5 Å². The summed E-state index contributed by atoms with van der Waals surface area (Å²) in [7, 11) is 4.03. The first kappa shape index (κ1) is 11.6. The normalized spacial score (nSPS) is 10.7. The predicted octanol–water partition coefficient (Wildman–Crippen LogP) is 2.33. The van der Waals surface area contributed by atoms with Crippen LogP contribution in [-0.2, 0) is 20.5 Å². The summed E-state index contributed by atoms with van der Waals surface area (Å²) >= 11 is 0. The minimum atomic E-state index is 0.922. The fourth-order valence-electron chi connectivity index (χ4n) is 1.90. The molecule has 0 aromatic carbocycles. The van der Waals surface area contributed by atoms with E-state index in [0.29, 0.717) is 0 Å². The van der Waals surface area contributed by atoms with Crippen LogP contribution in [0.15, 0.2) is 31.0 Å². The summed E-state index contributed by atoms with van der Waals surface area (Å²) in [4.78, 5) is 0. The minimum Gasteiger partial charge on any atom is -0.348 e. The third-order valence-electron chi connectivity index (χ3n) is 2.95. The molecule has 17 heavy (non-hydrogen) atoms. The Balaban J connectivity index is 2.21. The molecule has 0 aliphatic rings. The largest absolute Gasteiger partial charge is 0.348 e. The van der Waals surface area contributed by atoms with Gasteiger partial charge in [0.25, 0.3) is 0 Å². The molecule has 90 valence electrons. The maximum absolute atomic E-state index is 4.26. The van der Waals surface area contributed by atoms with Crippen LogP contribution in [0, 0.1) is 0 Å². The van der Waals surface area contributed by atoms with Crippen LogP contribution < -0.4 is 0 Å². The van der Waals surface area contributed by atoms with Gasteiger partial charge in [-0.15, -0.1) is 16.8 Å². The van der Waals surface area contributed by atoms with Gasteiger partial charge >= 0.3 is 0 Å². The number of aromatic nitrogens is 4. The molecule has 0 aliphatic carbocycles. The van der Waals surface area contributed by atoms with Crippen molar-refractivity contribution in [3.05, 3.63) is 36.8 Å². The lowest BCUT2D eigenvalue weighted by molar-refractivity contribution is 0.731. The smallest absolute Gasteiger partial charge is 0.180 e. The van der Waals surface area contributed by atoms with E-state index >= 15 is 0 Å². The summed E-state index contributed by atoms with van der Waals surface area (Å²) in [5.41, 5.74) is 1.09. The fraction of sp³-hybridized carbons (Fsp3) is 0.385. The van der Waals surface area contributed by atoms with Crippen molar-refractivity contribution in [2.45, 2.75) is 19.3 Å². The van der Waals surface area contributed by atoms with Gasteiger partial charge in [0.2, 0.25) is 0 Å². The lowest BCUT2D eigenvalue weighted by Gasteiger charge is -2.04. The van der Waals surface area contributed by atoms with E-state index in [2.05, 4.69) is 32.0 Å². The van der Waals surface area contributed by atoms with Gasteiger partial charge in [-0.3, -0.25) is 0 Å². The minimum absolute atomic E-state index is 0.922. The van der Waals surface area contributed by atoms with Crippen molar-refractivity contribution in [2.75, 3.05) is 0 Å². The number of unbranched alkanes of at least 4 members (excludes halogenated alkanes) is 1. The Morgan fingerprint density at radius 1 is 1.35 bits per heavy atom. The average Bonchev–Trinajstić information content (AvgIpc) is 2.87. The number of hydrogen-bond acceptors (Lipinski definition) is 2. The lowest BCUT2D eigenvalue weighted by atomic mass is 10.2. The molecule has 2 aromatic heterocycles. The Hall–Kier alpha value is -1.84. The predicted molar refractivity (Wildman–Crippen MR) is 68.5 cm³/mol. The SMILES string of the molecule is C=CCCCc1nnc(-c2cccn2C)n1C. The van der Waals surface area contributed by atoms with Gasteiger partial charge in [0, 0.05) is 26.7 Å². The number of allylic oxidation sites excluding steroid dienone is 1. The Kier molecular flexibility index (Phi) is 3.42. The standard InChI is InChI=1S/C13H18N4/c1-4-5-6-9-12-14-15-13(17(12)3)11-8-7-10-16(11)2/h4,7-8,10H,1,5-6,9H2,2-3H3. The molecule has 0 atom stereocenters. The van der Waals surface area contributed by atoms with Crippen molar-refractivity contribution in [3.63, 3.8) is 0 Å². The molecule has 0 saturated heterocycles. The monoisotopic (exact) mass is 230 g/mol. The maximum Gasteiger partial charge on any atom is 0.180 e. The van der Waals surface area contributed by atoms with E-state index in [0.717, 1.165) is 36.6 Å². The molecule has 2 aromatic rings. The molecule has 0 aliphatic heterocycles. The lowest BCUT2D eigenvalue weighted by Crippen LogP contribution is -2.01. The van der Waals surface area contributed by atoms with Crippen molar-refractivity contribution in [3.8, 4) is 11.5 Å². The van der Waals surface area contributed by atoms with Gasteiger partial charge < -0.3 is 9.13 Å². The molecule has 0 N–H and O–H groups in total. The molecule has 0 spiro atoms. The quantitative estimate of drug-likeness (QED) is 0.584. The van der Waals surface area contributed by atoms with Gasteiger partial charge in [-0.2, -0.15) is 0 Å². The number of aryl methyl sites for hydroxylation is 2. The molecule has 0 unspecified atom stereocenters. The molecule has 4 heteroatoms. The second-order valence-electron chi connectivity index (χ2n) is 4.18. The van der Waals surface area contributed by atoms with Crippen LogP contribution in [0.4, 0.5) is 0 Å². The molecule has 2 heterocycles. The Morgan fingerprint density at radius 2 is 2.18 bits per heavy atom. The first-order chi connectivity index (χ1) is 8.24. The van der Waals surface area contributed by atoms with Crippen LogP contribution in [0.1, 0.15) is 18.7 Å². The van der Waals surface area contributed by atoms with Crippen LogP contribution in [0.5, 0.6) is 0 Å². The third-order valence-corrected chi connectivity index (χ3v) is 2.95. The molecule has 2 rings (SSSR count). The van der Waals surface area contributed by atoms with Crippen molar-refractivity contribution in [2.24, 2.45) is 14.1 Å². The van der Waals surface area contributed by atoms with Gasteiger partial charge in [0.1, 0.15) is 5.82 Å². The number of nitrogens with zero attached hydrogens (tertiary/aromatic N) is 4. The van der Waals surface area contributed by atoms with E-state index in [1.807, 2.05) is 32.4 Å². The third kappa shape index (κ3) is 2.30. The average molecular weight is 230 g/mol. The highest BCUT2D eigenvalue weighted by Crippen LogP contribution is 2.17. The summed E-state index contributed by atoms with van der Waals surface area (Å²) < 4.78 is 4.12. The molecule has 4 nitrogen and oxygen atoms in total. The van der Waals surface area contributed by atoms with E-state index in [9.17, 15) is 0 Å².